The molecule has 0 saturated carbocycles. The molecule has 4 amide bonds. The summed E-state index contributed by atoms with van der Waals surface area (Å²) >= 11 is 0. The highest BCUT2D eigenvalue weighted by Crippen LogP contribution is 2.31. The molecule has 3 heterocycles. The molecule has 0 unspecified atom stereocenters. The molecule has 3 fully saturated rings. The number of hydrogen-bond donors (Lipinski definition) is 1. The lowest BCUT2D eigenvalue weighted by Gasteiger charge is -2.40. The van der Waals surface area contributed by atoms with E-state index in [-0.39, 0.29) is 23.8 Å². The van der Waals surface area contributed by atoms with Gasteiger partial charge in [0, 0.05) is 38.2 Å². The van der Waals surface area contributed by atoms with Gasteiger partial charge < -0.3 is 15.0 Å². The number of carbonyl (C=O) groups excluding carboxylic acids is 3. The van der Waals surface area contributed by atoms with E-state index in [1.165, 1.54) is 12.6 Å². The van der Waals surface area contributed by atoms with Gasteiger partial charge in [0.25, 0.3) is 5.91 Å². The molecule has 0 radical (unpaired) electrons. The molecule has 0 atom stereocenters. The number of methoxy groups -OCH3 is 1. The lowest BCUT2D eigenvalue weighted by molar-refractivity contribution is -0.142. The predicted octanol–water partition coefficient (Wildman–Crippen LogP) is 1.45. The van der Waals surface area contributed by atoms with Gasteiger partial charge in [0.15, 0.2) is 0 Å². The normalized spacial score (nSPS) is 22.5. The number of nitrogens with one attached hydrogen (secondary N) is 1. The second-order valence-corrected chi connectivity index (χ2v) is 8.56. The Kier molecular flexibility index (Phi) is 5.69. The van der Waals surface area contributed by atoms with Crippen molar-refractivity contribution in [2.24, 2.45) is 5.92 Å². The van der Waals surface area contributed by atoms with Gasteiger partial charge in [-0.3, -0.25) is 19.4 Å². The number of rotatable bonds is 4. The van der Waals surface area contributed by atoms with E-state index in [0.29, 0.717) is 25.9 Å². The largest absolute Gasteiger partial charge is 0.496 e. The highest BCUT2D eigenvalue weighted by atomic mass is 16.5. The van der Waals surface area contributed by atoms with E-state index in [1.807, 2.05) is 23.1 Å². The molecule has 0 bridgehead atoms. The SMILES string of the molecule is COc1ccccc1CN1CCC(C(=O)N2CCC3(CC2)NC(=O)N(C)C3=O)CC1. The van der Waals surface area contributed by atoms with Crippen molar-refractivity contribution in [2.75, 3.05) is 40.3 Å². The van der Waals surface area contributed by atoms with E-state index in [4.69, 9.17) is 4.74 Å². The number of hydrogen-bond acceptors (Lipinski definition) is 5. The van der Waals surface area contributed by atoms with E-state index in [0.717, 1.165) is 43.1 Å². The standard InChI is InChI=1S/C22H30N4O4/c1-24-20(28)22(23-21(24)29)9-13-26(14-10-22)19(27)16-7-11-25(12-8-16)15-17-5-3-4-6-18(17)30-2/h3-6,16H,7-15H2,1-2H3,(H,23,29). The quantitative estimate of drug-likeness (QED) is 0.754. The maximum absolute atomic E-state index is 13.0. The van der Waals surface area contributed by atoms with Gasteiger partial charge in [-0.2, -0.15) is 0 Å². The van der Waals surface area contributed by atoms with Crippen LogP contribution in [0.15, 0.2) is 24.3 Å². The van der Waals surface area contributed by atoms with Crippen molar-refractivity contribution in [1.29, 1.82) is 0 Å². The number of amides is 4. The Hall–Kier alpha value is -2.61. The van der Waals surface area contributed by atoms with Gasteiger partial charge in [0.05, 0.1) is 7.11 Å². The molecule has 162 valence electrons. The predicted molar refractivity (Wildman–Crippen MR) is 111 cm³/mol. The van der Waals surface area contributed by atoms with E-state index in [2.05, 4.69) is 16.3 Å². The number of nitrogens with zero attached hydrogens (tertiary/aromatic N) is 3. The molecule has 1 aromatic carbocycles. The van der Waals surface area contributed by atoms with Gasteiger partial charge in [-0.05, 0) is 44.8 Å². The third-order valence-electron chi connectivity index (χ3n) is 6.82. The molecule has 8 nitrogen and oxygen atoms in total. The summed E-state index contributed by atoms with van der Waals surface area (Å²) in [5.41, 5.74) is 0.347. The van der Waals surface area contributed by atoms with Crippen LogP contribution in [-0.2, 0) is 16.1 Å². The zero-order valence-electron chi connectivity index (χ0n) is 17.7. The van der Waals surface area contributed by atoms with Crippen molar-refractivity contribution in [3.63, 3.8) is 0 Å². The van der Waals surface area contributed by atoms with Crippen LogP contribution < -0.4 is 10.1 Å². The molecule has 3 aliphatic rings. The van der Waals surface area contributed by atoms with Gasteiger partial charge in [0.2, 0.25) is 5.91 Å². The van der Waals surface area contributed by atoms with Crippen LogP contribution in [-0.4, -0.2) is 78.4 Å². The number of imide groups is 1. The Bertz CT molecular complexity index is 826. The fourth-order valence-electron chi connectivity index (χ4n) is 4.87. The Labute approximate surface area is 177 Å². The summed E-state index contributed by atoms with van der Waals surface area (Å²) in [4.78, 5) is 42.7. The van der Waals surface area contributed by atoms with E-state index < -0.39 is 5.54 Å². The first-order valence-electron chi connectivity index (χ1n) is 10.7. The first kappa shape index (κ1) is 20.7. The first-order chi connectivity index (χ1) is 14.4. The van der Waals surface area contributed by atoms with Crippen molar-refractivity contribution in [2.45, 2.75) is 37.8 Å². The Balaban J connectivity index is 1.28. The lowest BCUT2D eigenvalue weighted by atomic mass is 9.86. The molecule has 30 heavy (non-hydrogen) atoms. The van der Waals surface area contributed by atoms with Crippen molar-refractivity contribution in [3.05, 3.63) is 29.8 Å². The fourth-order valence-corrected chi connectivity index (χ4v) is 4.87. The van der Waals surface area contributed by atoms with Crippen LogP contribution in [0.5, 0.6) is 5.75 Å². The van der Waals surface area contributed by atoms with E-state index >= 15 is 0 Å². The summed E-state index contributed by atoms with van der Waals surface area (Å²) in [6.07, 6.45) is 2.66. The minimum absolute atomic E-state index is 0.0320. The van der Waals surface area contributed by atoms with E-state index in [1.54, 1.807) is 7.11 Å². The lowest BCUT2D eigenvalue weighted by Crippen LogP contribution is -2.56. The molecule has 1 aromatic rings. The summed E-state index contributed by atoms with van der Waals surface area (Å²) in [5, 5.41) is 2.83. The van der Waals surface area contributed by atoms with Crippen LogP contribution >= 0.6 is 0 Å². The third-order valence-corrected chi connectivity index (χ3v) is 6.82. The molecule has 4 rings (SSSR count). The summed E-state index contributed by atoms with van der Waals surface area (Å²) in [6.45, 7) is 3.61. The van der Waals surface area contributed by atoms with Gasteiger partial charge in [-0.1, -0.05) is 18.2 Å². The maximum atomic E-state index is 13.0. The zero-order valence-corrected chi connectivity index (χ0v) is 17.7. The van der Waals surface area contributed by atoms with Crippen LogP contribution in [0.25, 0.3) is 0 Å². The van der Waals surface area contributed by atoms with Crippen molar-refractivity contribution < 1.29 is 19.1 Å². The maximum Gasteiger partial charge on any atom is 0.324 e. The second-order valence-electron chi connectivity index (χ2n) is 8.56. The first-order valence-corrected chi connectivity index (χ1v) is 10.7. The molecular weight excluding hydrogens is 384 g/mol. The number of likely N-dealkylation sites (N-methyl/N-ethyl adjacent to an activating group) is 1. The summed E-state index contributed by atoms with van der Waals surface area (Å²) in [6, 6.07) is 7.71. The summed E-state index contributed by atoms with van der Waals surface area (Å²) in [5.74, 6) is 0.942. The molecule has 1 N–H and O–H groups in total. The number of piperidine rings is 2. The number of urea groups is 1. The summed E-state index contributed by atoms with van der Waals surface area (Å²) < 4.78 is 5.45. The molecule has 8 heteroatoms. The van der Waals surface area contributed by atoms with E-state index in [9.17, 15) is 14.4 Å². The van der Waals surface area contributed by atoms with Crippen LogP contribution in [0.3, 0.4) is 0 Å². The summed E-state index contributed by atoms with van der Waals surface area (Å²) in [7, 11) is 3.19. The van der Waals surface area contributed by atoms with Gasteiger partial charge >= 0.3 is 6.03 Å². The minimum Gasteiger partial charge on any atom is -0.496 e. The molecule has 3 saturated heterocycles. The fraction of sp³-hybridized carbons (Fsp3) is 0.591. The Morgan fingerprint density at radius 1 is 1.13 bits per heavy atom. The average Bonchev–Trinajstić information content (AvgIpc) is 2.98. The zero-order chi connectivity index (χ0) is 21.3. The third kappa shape index (κ3) is 3.76. The molecular formula is C22H30N4O4. The average molecular weight is 415 g/mol. The smallest absolute Gasteiger partial charge is 0.324 e. The van der Waals surface area contributed by atoms with Crippen LogP contribution in [0, 0.1) is 5.92 Å². The Morgan fingerprint density at radius 3 is 2.40 bits per heavy atom. The Morgan fingerprint density at radius 2 is 1.80 bits per heavy atom. The number of likely N-dealkylation sites (tertiary alicyclic amines) is 2. The monoisotopic (exact) mass is 414 g/mol. The van der Waals surface area contributed by atoms with Gasteiger partial charge in [-0.25, -0.2) is 4.79 Å². The van der Waals surface area contributed by atoms with Crippen molar-refractivity contribution in [1.82, 2.24) is 20.0 Å². The molecule has 0 aromatic heterocycles. The minimum atomic E-state index is -0.819. The van der Waals surface area contributed by atoms with Crippen LogP contribution in [0.4, 0.5) is 4.79 Å². The molecule has 1 spiro atoms. The van der Waals surface area contributed by atoms with Gasteiger partial charge in [0.1, 0.15) is 11.3 Å². The van der Waals surface area contributed by atoms with Crippen molar-refractivity contribution >= 4 is 17.8 Å². The number of carbonyl (C=O) groups is 3. The number of ether oxygens (including phenoxy) is 1. The highest BCUT2D eigenvalue weighted by molar-refractivity contribution is 6.06. The van der Waals surface area contributed by atoms with Crippen LogP contribution in [0.2, 0.25) is 0 Å². The highest BCUT2D eigenvalue weighted by Gasteiger charge is 2.51. The topological polar surface area (TPSA) is 82.2 Å². The molecule has 0 aliphatic carbocycles. The number of para-hydroxylation sites is 1. The second kappa shape index (κ2) is 8.26. The number of benzene rings is 1. The van der Waals surface area contributed by atoms with Crippen molar-refractivity contribution in [3.8, 4) is 5.75 Å². The van der Waals surface area contributed by atoms with Gasteiger partial charge in [-0.15, -0.1) is 0 Å². The van der Waals surface area contributed by atoms with Crippen LogP contribution in [0.1, 0.15) is 31.2 Å². The molecule has 3 aliphatic heterocycles.